The van der Waals surface area contributed by atoms with Crippen LogP contribution < -0.4 is 5.73 Å². The molecule has 16 heavy (non-hydrogen) atoms. The molecule has 1 aliphatic heterocycles. The smallest absolute Gasteiger partial charge is 0.122 e. The van der Waals surface area contributed by atoms with E-state index < -0.39 is 0 Å². The third-order valence-electron chi connectivity index (χ3n) is 2.99. The molecule has 1 saturated heterocycles. The van der Waals surface area contributed by atoms with E-state index in [0.29, 0.717) is 6.54 Å². The van der Waals surface area contributed by atoms with Gasteiger partial charge in [-0.05, 0) is 13.6 Å². The molecular weight excluding hydrogens is 206 g/mol. The Kier molecular flexibility index (Phi) is 3.87. The first-order valence-corrected chi connectivity index (χ1v) is 5.71. The fraction of sp³-hybridized carbons (Fsp3) is 0.800. The van der Waals surface area contributed by atoms with E-state index in [4.69, 9.17) is 10.4 Å². The molecule has 0 radical (unpaired) electrons. The fourth-order valence-corrected chi connectivity index (χ4v) is 1.89. The van der Waals surface area contributed by atoms with Gasteiger partial charge in [0.2, 0.25) is 0 Å². The molecule has 2 rings (SSSR count). The van der Waals surface area contributed by atoms with Crippen LogP contribution in [0, 0.1) is 0 Å². The van der Waals surface area contributed by atoms with Crippen LogP contribution in [0.4, 0.5) is 0 Å². The standard InChI is InChI=1S/C10H19N5O/c1-14-4-6-15(7-5-14)8-10-9(2-3-11)12-16-13-10/h2-8,11H2,1H3. The molecule has 2 heterocycles. The van der Waals surface area contributed by atoms with Crippen LogP contribution in [0.3, 0.4) is 0 Å². The topological polar surface area (TPSA) is 71.4 Å². The third kappa shape index (κ3) is 2.78. The van der Waals surface area contributed by atoms with Crippen LogP contribution in [0.2, 0.25) is 0 Å². The van der Waals surface area contributed by atoms with E-state index in [2.05, 4.69) is 27.2 Å². The van der Waals surface area contributed by atoms with Crippen LogP contribution in [0.15, 0.2) is 4.63 Å². The van der Waals surface area contributed by atoms with Gasteiger partial charge in [0, 0.05) is 39.1 Å². The van der Waals surface area contributed by atoms with E-state index in [1.54, 1.807) is 0 Å². The lowest BCUT2D eigenvalue weighted by molar-refractivity contribution is 0.145. The molecule has 0 atom stereocenters. The average molecular weight is 225 g/mol. The van der Waals surface area contributed by atoms with E-state index in [1.165, 1.54) is 0 Å². The van der Waals surface area contributed by atoms with Crippen LogP contribution in [0.1, 0.15) is 11.4 Å². The number of piperazine rings is 1. The molecule has 0 bridgehead atoms. The van der Waals surface area contributed by atoms with Gasteiger partial charge in [-0.25, -0.2) is 4.63 Å². The molecule has 90 valence electrons. The lowest BCUT2D eigenvalue weighted by Gasteiger charge is -2.31. The summed E-state index contributed by atoms with van der Waals surface area (Å²) in [7, 11) is 2.15. The Morgan fingerprint density at radius 1 is 1.19 bits per heavy atom. The highest BCUT2D eigenvalue weighted by Gasteiger charge is 2.17. The minimum absolute atomic E-state index is 0.587. The summed E-state index contributed by atoms with van der Waals surface area (Å²) in [5.74, 6) is 0. The minimum Gasteiger partial charge on any atom is -0.330 e. The molecule has 1 fully saturated rings. The number of hydrogen-bond acceptors (Lipinski definition) is 6. The van der Waals surface area contributed by atoms with Crippen molar-refractivity contribution in [3.05, 3.63) is 11.4 Å². The summed E-state index contributed by atoms with van der Waals surface area (Å²) < 4.78 is 4.77. The van der Waals surface area contributed by atoms with Gasteiger partial charge in [-0.2, -0.15) is 0 Å². The van der Waals surface area contributed by atoms with Gasteiger partial charge in [0.15, 0.2) is 0 Å². The first-order valence-electron chi connectivity index (χ1n) is 5.71. The minimum atomic E-state index is 0.587. The van der Waals surface area contributed by atoms with Crippen molar-refractivity contribution < 1.29 is 4.63 Å². The van der Waals surface area contributed by atoms with Crippen molar-refractivity contribution in [1.29, 1.82) is 0 Å². The van der Waals surface area contributed by atoms with Crippen LogP contribution in [0.25, 0.3) is 0 Å². The molecule has 0 amide bonds. The maximum Gasteiger partial charge on any atom is 0.122 e. The zero-order chi connectivity index (χ0) is 11.4. The first-order chi connectivity index (χ1) is 7.79. The Hall–Kier alpha value is -0.980. The highest BCUT2D eigenvalue weighted by atomic mass is 16.6. The molecule has 2 N–H and O–H groups in total. The molecule has 1 aliphatic rings. The SMILES string of the molecule is CN1CCN(Cc2nonc2CCN)CC1. The van der Waals surface area contributed by atoms with Gasteiger partial charge >= 0.3 is 0 Å². The van der Waals surface area contributed by atoms with Crippen LogP contribution in [-0.2, 0) is 13.0 Å². The lowest BCUT2D eigenvalue weighted by atomic mass is 10.2. The zero-order valence-corrected chi connectivity index (χ0v) is 9.72. The number of nitrogens with two attached hydrogens (primary N) is 1. The molecular formula is C10H19N5O. The largest absolute Gasteiger partial charge is 0.330 e. The first kappa shape index (κ1) is 11.5. The predicted molar refractivity (Wildman–Crippen MR) is 59.8 cm³/mol. The molecule has 0 unspecified atom stereocenters. The highest BCUT2D eigenvalue weighted by molar-refractivity contribution is 5.07. The number of hydrogen-bond donors (Lipinski definition) is 1. The van der Waals surface area contributed by atoms with E-state index in [9.17, 15) is 0 Å². The molecule has 0 saturated carbocycles. The van der Waals surface area contributed by atoms with Gasteiger partial charge in [-0.3, -0.25) is 4.90 Å². The van der Waals surface area contributed by atoms with Gasteiger partial charge in [-0.15, -0.1) is 0 Å². The number of nitrogens with zero attached hydrogens (tertiary/aromatic N) is 4. The Balaban J connectivity index is 1.90. The molecule has 0 spiro atoms. The summed E-state index contributed by atoms with van der Waals surface area (Å²) in [5.41, 5.74) is 7.35. The number of rotatable bonds is 4. The normalized spacial score (nSPS) is 19.1. The quantitative estimate of drug-likeness (QED) is 0.732. The number of aromatic nitrogens is 2. The van der Waals surface area contributed by atoms with Gasteiger partial charge in [-0.1, -0.05) is 10.3 Å². The Morgan fingerprint density at radius 3 is 2.56 bits per heavy atom. The van der Waals surface area contributed by atoms with E-state index >= 15 is 0 Å². The Morgan fingerprint density at radius 2 is 1.88 bits per heavy atom. The Bertz CT molecular complexity index is 319. The van der Waals surface area contributed by atoms with Gasteiger partial charge in [0.05, 0.1) is 0 Å². The molecule has 0 aliphatic carbocycles. The molecule has 6 nitrogen and oxygen atoms in total. The molecule has 0 aromatic carbocycles. The van der Waals surface area contributed by atoms with Gasteiger partial charge < -0.3 is 10.6 Å². The predicted octanol–water partition coefficient (Wildman–Crippen LogP) is -0.682. The summed E-state index contributed by atoms with van der Waals surface area (Å²) in [5, 5.41) is 7.83. The van der Waals surface area contributed by atoms with E-state index in [-0.39, 0.29) is 0 Å². The second-order valence-corrected chi connectivity index (χ2v) is 4.28. The van der Waals surface area contributed by atoms with Crippen molar-refractivity contribution >= 4 is 0 Å². The second-order valence-electron chi connectivity index (χ2n) is 4.28. The molecule has 1 aromatic rings. The molecule has 6 heteroatoms. The van der Waals surface area contributed by atoms with Crippen LogP contribution in [0.5, 0.6) is 0 Å². The Labute approximate surface area is 95.3 Å². The van der Waals surface area contributed by atoms with Crippen molar-refractivity contribution in [2.75, 3.05) is 39.8 Å². The van der Waals surface area contributed by atoms with Gasteiger partial charge in [0.25, 0.3) is 0 Å². The zero-order valence-electron chi connectivity index (χ0n) is 9.72. The maximum atomic E-state index is 5.51. The second kappa shape index (κ2) is 5.38. The van der Waals surface area contributed by atoms with Crippen molar-refractivity contribution in [3.8, 4) is 0 Å². The van der Waals surface area contributed by atoms with Crippen molar-refractivity contribution in [2.24, 2.45) is 5.73 Å². The van der Waals surface area contributed by atoms with Crippen molar-refractivity contribution in [3.63, 3.8) is 0 Å². The van der Waals surface area contributed by atoms with Crippen LogP contribution >= 0.6 is 0 Å². The maximum absolute atomic E-state index is 5.51. The summed E-state index contributed by atoms with van der Waals surface area (Å²) in [6.07, 6.45) is 0.743. The van der Waals surface area contributed by atoms with Crippen molar-refractivity contribution in [1.82, 2.24) is 20.1 Å². The van der Waals surface area contributed by atoms with E-state index in [1.807, 2.05) is 0 Å². The third-order valence-corrected chi connectivity index (χ3v) is 2.99. The summed E-state index contributed by atoms with van der Waals surface area (Å²) in [4.78, 5) is 4.71. The highest BCUT2D eigenvalue weighted by Crippen LogP contribution is 2.09. The van der Waals surface area contributed by atoms with Gasteiger partial charge in [0.1, 0.15) is 11.4 Å². The monoisotopic (exact) mass is 225 g/mol. The molecule has 1 aromatic heterocycles. The van der Waals surface area contributed by atoms with Crippen LogP contribution in [-0.4, -0.2) is 59.9 Å². The summed E-state index contributed by atoms with van der Waals surface area (Å²) in [6, 6.07) is 0. The number of likely N-dealkylation sites (N-methyl/N-ethyl adjacent to an activating group) is 1. The average Bonchev–Trinajstić information content (AvgIpc) is 2.70. The van der Waals surface area contributed by atoms with E-state index in [0.717, 1.165) is 50.5 Å². The fourth-order valence-electron chi connectivity index (χ4n) is 1.89. The summed E-state index contributed by atoms with van der Waals surface area (Å²) in [6.45, 7) is 5.78. The lowest BCUT2D eigenvalue weighted by Crippen LogP contribution is -2.44. The van der Waals surface area contributed by atoms with Crippen molar-refractivity contribution in [2.45, 2.75) is 13.0 Å². The summed E-state index contributed by atoms with van der Waals surface area (Å²) >= 11 is 0.